The maximum absolute atomic E-state index is 10.2. The molecule has 33 heavy (non-hydrogen) atoms. The molecule has 174 valence electrons. The lowest BCUT2D eigenvalue weighted by atomic mass is 9.84. The van der Waals surface area contributed by atoms with Gasteiger partial charge in [0.25, 0.3) is 5.88 Å². The number of rotatable bonds is 4. The van der Waals surface area contributed by atoms with Gasteiger partial charge in [-0.15, -0.1) is 0 Å². The van der Waals surface area contributed by atoms with Crippen LogP contribution < -0.4 is 10.5 Å². The first-order chi connectivity index (χ1) is 15.8. The lowest BCUT2D eigenvalue weighted by Gasteiger charge is -2.32. The average molecular weight is 449 g/mol. The monoisotopic (exact) mass is 448 g/mol. The normalized spacial score (nSPS) is 23.3. The number of ether oxygens (including phenoxy) is 1. The Morgan fingerprint density at radius 1 is 1.21 bits per heavy atom. The van der Waals surface area contributed by atoms with E-state index in [1.54, 1.807) is 12.4 Å². The number of nitrogens with two attached hydrogens (primary N) is 1. The van der Waals surface area contributed by atoms with E-state index in [-0.39, 0.29) is 17.7 Å². The molecule has 0 spiro atoms. The molecular weight excluding hydrogens is 416 g/mol. The van der Waals surface area contributed by atoms with Crippen LogP contribution in [-0.4, -0.2) is 48.9 Å². The van der Waals surface area contributed by atoms with Crippen molar-refractivity contribution >= 4 is 5.82 Å². The smallest absolute Gasteiger partial charge is 0.263 e. The molecule has 5 rings (SSSR count). The van der Waals surface area contributed by atoms with Crippen molar-refractivity contribution in [3.63, 3.8) is 0 Å². The van der Waals surface area contributed by atoms with Crippen LogP contribution in [0.15, 0.2) is 30.7 Å². The second-order valence-corrected chi connectivity index (χ2v) is 9.85. The second-order valence-electron chi connectivity index (χ2n) is 9.85. The van der Waals surface area contributed by atoms with E-state index in [4.69, 9.17) is 15.5 Å². The zero-order chi connectivity index (χ0) is 23.2. The van der Waals surface area contributed by atoms with Gasteiger partial charge in [-0.05, 0) is 81.8 Å². The molecule has 0 unspecified atom stereocenters. The summed E-state index contributed by atoms with van der Waals surface area (Å²) in [6.07, 6.45) is 9.60. The number of benzene rings is 1. The van der Waals surface area contributed by atoms with E-state index in [1.807, 2.05) is 17.8 Å². The zero-order valence-electron chi connectivity index (χ0n) is 19.6. The van der Waals surface area contributed by atoms with Crippen LogP contribution in [-0.2, 0) is 13.0 Å². The minimum Gasteiger partial charge on any atom is -0.433 e. The van der Waals surface area contributed by atoms with Crippen LogP contribution in [0, 0.1) is 6.92 Å². The number of aryl methyl sites for hydroxylation is 1. The molecule has 1 saturated carbocycles. The first-order valence-electron chi connectivity index (χ1n) is 11.7. The summed E-state index contributed by atoms with van der Waals surface area (Å²) in [6.45, 7) is 6.09. The van der Waals surface area contributed by atoms with Gasteiger partial charge in [-0.1, -0.05) is 0 Å². The number of fused-ring (bicyclic) bond motifs is 1. The number of anilines is 1. The minimum absolute atomic E-state index is 0.247. The molecule has 0 amide bonds. The molecule has 0 bridgehead atoms. The van der Waals surface area contributed by atoms with Gasteiger partial charge in [0.2, 0.25) is 0 Å². The number of nitrogen functional groups attached to an aromatic ring is 1. The summed E-state index contributed by atoms with van der Waals surface area (Å²) in [6, 6.07) is 4.64. The first kappa shape index (κ1) is 21.9. The average Bonchev–Trinajstić information content (AvgIpc) is 3.24. The number of hydrogen-bond acceptors (Lipinski definition) is 7. The van der Waals surface area contributed by atoms with Crippen molar-refractivity contribution in [2.24, 2.45) is 0 Å². The molecule has 1 aliphatic heterocycles. The van der Waals surface area contributed by atoms with E-state index in [0.717, 1.165) is 56.5 Å². The lowest BCUT2D eigenvalue weighted by Crippen LogP contribution is -2.31. The molecule has 3 N–H and O–H groups in total. The van der Waals surface area contributed by atoms with Crippen LogP contribution in [0.3, 0.4) is 0 Å². The molecule has 1 aromatic carbocycles. The summed E-state index contributed by atoms with van der Waals surface area (Å²) >= 11 is 0. The topological polar surface area (TPSA) is 102 Å². The van der Waals surface area contributed by atoms with E-state index in [9.17, 15) is 5.11 Å². The summed E-state index contributed by atoms with van der Waals surface area (Å²) in [4.78, 5) is 11.4. The largest absolute Gasteiger partial charge is 0.433 e. The van der Waals surface area contributed by atoms with E-state index in [2.05, 4.69) is 41.1 Å². The predicted molar refractivity (Wildman–Crippen MR) is 127 cm³/mol. The van der Waals surface area contributed by atoms with Gasteiger partial charge in [-0.25, -0.2) is 9.97 Å². The van der Waals surface area contributed by atoms with Crippen molar-refractivity contribution < 1.29 is 9.84 Å². The number of aliphatic hydroxyl groups is 1. The first-order valence-corrected chi connectivity index (χ1v) is 11.7. The maximum Gasteiger partial charge on any atom is 0.263 e. The highest BCUT2D eigenvalue weighted by Gasteiger charge is 2.30. The summed E-state index contributed by atoms with van der Waals surface area (Å²) in [5.41, 5.74) is 11.3. The van der Waals surface area contributed by atoms with Crippen LogP contribution in [0.5, 0.6) is 11.6 Å². The van der Waals surface area contributed by atoms with Crippen molar-refractivity contribution in [3.8, 4) is 22.9 Å². The molecule has 0 radical (unpaired) electrons. The quantitative estimate of drug-likeness (QED) is 0.624. The van der Waals surface area contributed by atoms with Gasteiger partial charge in [-0.2, -0.15) is 5.10 Å². The van der Waals surface area contributed by atoms with Crippen molar-refractivity contribution in [1.82, 2.24) is 24.6 Å². The highest BCUT2D eigenvalue weighted by molar-refractivity contribution is 5.64. The zero-order valence-corrected chi connectivity index (χ0v) is 19.6. The molecular formula is C25H32N6O2. The Morgan fingerprint density at radius 3 is 2.79 bits per heavy atom. The highest BCUT2D eigenvalue weighted by Crippen LogP contribution is 2.36. The van der Waals surface area contributed by atoms with Crippen molar-refractivity contribution in [3.05, 3.63) is 47.4 Å². The fourth-order valence-electron chi connectivity index (χ4n) is 4.92. The minimum atomic E-state index is -0.571. The van der Waals surface area contributed by atoms with Crippen molar-refractivity contribution in [1.29, 1.82) is 0 Å². The van der Waals surface area contributed by atoms with Gasteiger partial charge < -0.3 is 20.5 Å². The van der Waals surface area contributed by atoms with Crippen LogP contribution in [0.4, 0.5) is 5.82 Å². The fourth-order valence-corrected chi connectivity index (χ4v) is 4.92. The second kappa shape index (κ2) is 8.43. The van der Waals surface area contributed by atoms with Gasteiger partial charge in [0, 0.05) is 18.7 Å². The molecule has 0 atom stereocenters. The van der Waals surface area contributed by atoms with Crippen LogP contribution in [0.2, 0.25) is 0 Å². The maximum atomic E-state index is 10.2. The number of likely N-dealkylation sites (N-methyl/N-ethyl adjacent to an activating group) is 1. The predicted octanol–water partition coefficient (Wildman–Crippen LogP) is 3.88. The van der Waals surface area contributed by atoms with Crippen LogP contribution >= 0.6 is 0 Å². The van der Waals surface area contributed by atoms with Gasteiger partial charge in [0.15, 0.2) is 11.6 Å². The van der Waals surface area contributed by atoms with Gasteiger partial charge in [0.05, 0.1) is 35.9 Å². The third-order valence-corrected chi connectivity index (χ3v) is 7.02. The number of aromatic nitrogens is 4. The molecule has 8 nitrogen and oxygen atoms in total. The van der Waals surface area contributed by atoms with Gasteiger partial charge >= 0.3 is 0 Å². The Kier molecular flexibility index (Phi) is 5.58. The molecule has 0 saturated heterocycles. The number of hydrogen-bond donors (Lipinski definition) is 2. The lowest BCUT2D eigenvalue weighted by molar-refractivity contribution is 0.00850. The summed E-state index contributed by atoms with van der Waals surface area (Å²) in [5.74, 6) is 1.11. The molecule has 8 heteroatoms. The Balaban J connectivity index is 1.36. The third kappa shape index (κ3) is 4.58. The van der Waals surface area contributed by atoms with Crippen LogP contribution in [0.25, 0.3) is 11.3 Å². The van der Waals surface area contributed by atoms with Crippen molar-refractivity contribution in [2.75, 3.05) is 19.3 Å². The Labute approximate surface area is 194 Å². The molecule has 2 aliphatic rings. The SMILES string of the molecule is Cc1cc(-c2cnc(N)c(Oc3cnn(C4CCC(C)(O)CC4)c3)n2)cc2c1CN(C)CC2. The summed E-state index contributed by atoms with van der Waals surface area (Å²) in [7, 11) is 2.16. The summed E-state index contributed by atoms with van der Waals surface area (Å²) in [5, 5.41) is 14.7. The molecule has 1 aliphatic carbocycles. The Bertz CT molecular complexity index is 1160. The Morgan fingerprint density at radius 2 is 2.00 bits per heavy atom. The van der Waals surface area contributed by atoms with E-state index in [1.165, 1.54) is 16.7 Å². The Hall–Kier alpha value is -2.97. The van der Waals surface area contributed by atoms with Crippen LogP contribution in [0.1, 0.15) is 55.3 Å². The van der Waals surface area contributed by atoms with E-state index in [0.29, 0.717) is 5.75 Å². The number of nitrogens with zero attached hydrogens (tertiary/aromatic N) is 5. The fraction of sp³-hybridized carbons (Fsp3) is 0.480. The molecule has 2 aromatic heterocycles. The summed E-state index contributed by atoms with van der Waals surface area (Å²) < 4.78 is 7.92. The van der Waals surface area contributed by atoms with Gasteiger partial charge in [0.1, 0.15) is 0 Å². The molecule has 3 aromatic rings. The molecule has 1 fully saturated rings. The van der Waals surface area contributed by atoms with Gasteiger partial charge in [-0.3, -0.25) is 4.68 Å². The standard InChI is InChI=1S/C25H32N6O2/c1-16-10-18(11-17-6-9-30(3)15-21(16)17)22-13-27-23(26)24(29-22)33-20-12-28-31(14-20)19-4-7-25(2,32)8-5-19/h10-14,19,32H,4-9,15H2,1-3H3,(H2,26,27). The highest BCUT2D eigenvalue weighted by atomic mass is 16.5. The molecule has 3 heterocycles. The van der Waals surface area contributed by atoms with Crippen molar-refractivity contribution in [2.45, 2.75) is 64.1 Å². The van der Waals surface area contributed by atoms with E-state index < -0.39 is 5.60 Å². The third-order valence-electron chi connectivity index (χ3n) is 7.02. The van der Waals surface area contributed by atoms with E-state index >= 15 is 0 Å².